The van der Waals surface area contributed by atoms with Gasteiger partial charge >= 0.3 is 0 Å². The van der Waals surface area contributed by atoms with E-state index in [1.807, 2.05) is 0 Å². The van der Waals surface area contributed by atoms with Crippen LogP contribution in [0, 0.1) is 5.92 Å². The van der Waals surface area contributed by atoms with Crippen molar-refractivity contribution in [2.24, 2.45) is 5.92 Å². The van der Waals surface area contributed by atoms with Crippen LogP contribution in [0.1, 0.15) is 25.5 Å². The van der Waals surface area contributed by atoms with Gasteiger partial charge in [-0.25, -0.2) is 0 Å². The van der Waals surface area contributed by atoms with Crippen molar-refractivity contribution in [3.05, 3.63) is 24.0 Å². The Morgan fingerprint density at radius 1 is 1.57 bits per heavy atom. The number of aryl methyl sites for hydroxylation is 1. The summed E-state index contributed by atoms with van der Waals surface area (Å²) in [5, 5.41) is 3.48. The third-order valence-corrected chi connectivity index (χ3v) is 3.16. The van der Waals surface area contributed by atoms with Crippen LogP contribution in [0.4, 0.5) is 0 Å². The van der Waals surface area contributed by atoms with Crippen molar-refractivity contribution in [2.75, 3.05) is 13.1 Å². The molecule has 1 aromatic rings. The van der Waals surface area contributed by atoms with E-state index in [4.69, 9.17) is 0 Å². The Kier molecular flexibility index (Phi) is 3.25. The zero-order valence-electron chi connectivity index (χ0n) is 9.00. The van der Waals surface area contributed by atoms with Crippen LogP contribution in [0.25, 0.3) is 0 Å². The summed E-state index contributed by atoms with van der Waals surface area (Å²) in [5.41, 5.74) is 1.50. The topological polar surface area (TPSA) is 17.0 Å². The Morgan fingerprint density at radius 2 is 2.50 bits per heavy atom. The van der Waals surface area contributed by atoms with Gasteiger partial charge in [-0.15, -0.1) is 0 Å². The van der Waals surface area contributed by atoms with E-state index < -0.39 is 0 Å². The SMILES string of the molecule is CCn1cccc1CC1CCCNC1. The Hall–Kier alpha value is -0.760. The van der Waals surface area contributed by atoms with E-state index in [1.54, 1.807) is 0 Å². The predicted molar refractivity (Wildman–Crippen MR) is 59.4 cm³/mol. The maximum absolute atomic E-state index is 3.48. The fourth-order valence-electron chi connectivity index (χ4n) is 2.34. The van der Waals surface area contributed by atoms with E-state index in [9.17, 15) is 0 Å². The molecular formula is C12H20N2. The lowest BCUT2D eigenvalue weighted by Crippen LogP contribution is -2.31. The molecule has 2 rings (SSSR count). The lowest BCUT2D eigenvalue weighted by molar-refractivity contribution is 0.370. The molecule has 1 atom stereocenters. The molecule has 2 nitrogen and oxygen atoms in total. The van der Waals surface area contributed by atoms with E-state index in [0.717, 1.165) is 12.5 Å². The monoisotopic (exact) mass is 192 g/mol. The van der Waals surface area contributed by atoms with Gasteiger partial charge < -0.3 is 9.88 Å². The lowest BCUT2D eigenvalue weighted by atomic mass is 9.95. The third-order valence-electron chi connectivity index (χ3n) is 3.16. The minimum Gasteiger partial charge on any atom is -0.352 e. The molecule has 0 aliphatic carbocycles. The zero-order valence-corrected chi connectivity index (χ0v) is 9.00. The first-order chi connectivity index (χ1) is 6.90. The number of nitrogens with one attached hydrogen (secondary N) is 1. The lowest BCUT2D eigenvalue weighted by Gasteiger charge is -2.23. The first-order valence-corrected chi connectivity index (χ1v) is 5.75. The van der Waals surface area contributed by atoms with Crippen molar-refractivity contribution >= 4 is 0 Å². The molecule has 1 aliphatic heterocycles. The molecule has 2 heterocycles. The molecule has 0 bridgehead atoms. The summed E-state index contributed by atoms with van der Waals surface area (Å²) >= 11 is 0. The second kappa shape index (κ2) is 4.65. The van der Waals surface area contributed by atoms with Gasteiger partial charge in [-0.05, 0) is 57.3 Å². The summed E-state index contributed by atoms with van der Waals surface area (Å²) in [4.78, 5) is 0. The van der Waals surface area contributed by atoms with E-state index in [0.29, 0.717) is 0 Å². The highest BCUT2D eigenvalue weighted by molar-refractivity contribution is 5.08. The average Bonchev–Trinajstić information content (AvgIpc) is 2.67. The van der Waals surface area contributed by atoms with E-state index in [2.05, 4.69) is 35.1 Å². The van der Waals surface area contributed by atoms with Gasteiger partial charge in [0.1, 0.15) is 0 Å². The van der Waals surface area contributed by atoms with Crippen LogP contribution in [0.2, 0.25) is 0 Å². The highest BCUT2D eigenvalue weighted by Crippen LogP contribution is 2.16. The average molecular weight is 192 g/mol. The van der Waals surface area contributed by atoms with Gasteiger partial charge in [0.25, 0.3) is 0 Å². The molecule has 0 radical (unpaired) electrons. The van der Waals surface area contributed by atoms with E-state index in [-0.39, 0.29) is 0 Å². The highest BCUT2D eigenvalue weighted by atomic mass is 15.0. The first kappa shape index (κ1) is 9.78. The normalized spacial score (nSPS) is 22.5. The molecule has 0 amide bonds. The Bertz CT molecular complexity index is 272. The fraction of sp³-hybridized carbons (Fsp3) is 0.667. The van der Waals surface area contributed by atoms with Gasteiger partial charge in [0, 0.05) is 18.4 Å². The predicted octanol–water partition coefficient (Wildman–Crippen LogP) is 2.05. The molecule has 0 saturated carbocycles. The summed E-state index contributed by atoms with van der Waals surface area (Å²) in [7, 11) is 0. The number of hydrogen-bond donors (Lipinski definition) is 1. The Balaban J connectivity index is 1.95. The molecule has 14 heavy (non-hydrogen) atoms. The number of piperidine rings is 1. The molecule has 2 heteroatoms. The first-order valence-electron chi connectivity index (χ1n) is 5.75. The van der Waals surface area contributed by atoms with Gasteiger partial charge in [-0.1, -0.05) is 0 Å². The van der Waals surface area contributed by atoms with Crippen molar-refractivity contribution in [1.82, 2.24) is 9.88 Å². The standard InChI is InChI=1S/C12H20N2/c1-2-14-8-4-6-12(14)9-11-5-3-7-13-10-11/h4,6,8,11,13H,2-3,5,7,9-10H2,1H3. The molecule has 1 aliphatic rings. The van der Waals surface area contributed by atoms with Gasteiger partial charge in [0.15, 0.2) is 0 Å². The maximum atomic E-state index is 3.48. The van der Waals surface area contributed by atoms with E-state index in [1.165, 1.54) is 38.0 Å². The van der Waals surface area contributed by atoms with Crippen molar-refractivity contribution in [2.45, 2.75) is 32.7 Å². The number of aromatic nitrogens is 1. The molecule has 0 aromatic carbocycles. The summed E-state index contributed by atoms with van der Waals surface area (Å²) in [6.45, 7) is 5.73. The molecule has 1 aromatic heterocycles. The summed E-state index contributed by atoms with van der Waals surface area (Å²) in [6, 6.07) is 4.42. The highest BCUT2D eigenvalue weighted by Gasteiger charge is 2.14. The maximum Gasteiger partial charge on any atom is 0.0193 e. The largest absolute Gasteiger partial charge is 0.352 e. The molecule has 78 valence electrons. The van der Waals surface area contributed by atoms with Gasteiger partial charge in [-0.2, -0.15) is 0 Å². The number of nitrogens with zero attached hydrogens (tertiary/aromatic N) is 1. The number of hydrogen-bond acceptors (Lipinski definition) is 1. The van der Waals surface area contributed by atoms with Crippen LogP contribution < -0.4 is 5.32 Å². The van der Waals surface area contributed by atoms with Crippen LogP contribution in [-0.4, -0.2) is 17.7 Å². The molecule has 1 unspecified atom stereocenters. The van der Waals surface area contributed by atoms with Crippen molar-refractivity contribution in [1.29, 1.82) is 0 Å². The van der Waals surface area contributed by atoms with Crippen LogP contribution in [-0.2, 0) is 13.0 Å². The minimum atomic E-state index is 0.851. The van der Waals surface area contributed by atoms with Crippen molar-refractivity contribution in [3.8, 4) is 0 Å². The second-order valence-corrected chi connectivity index (χ2v) is 4.20. The Morgan fingerprint density at radius 3 is 3.21 bits per heavy atom. The molecular weight excluding hydrogens is 172 g/mol. The van der Waals surface area contributed by atoms with Crippen molar-refractivity contribution in [3.63, 3.8) is 0 Å². The smallest absolute Gasteiger partial charge is 0.0193 e. The van der Waals surface area contributed by atoms with Crippen LogP contribution in [0.15, 0.2) is 18.3 Å². The summed E-state index contributed by atoms with van der Waals surface area (Å²) in [6.07, 6.45) is 6.17. The zero-order chi connectivity index (χ0) is 9.80. The second-order valence-electron chi connectivity index (χ2n) is 4.20. The fourth-order valence-corrected chi connectivity index (χ4v) is 2.34. The summed E-state index contributed by atoms with van der Waals surface area (Å²) < 4.78 is 2.36. The molecule has 1 fully saturated rings. The van der Waals surface area contributed by atoms with E-state index >= 15 is 0 Å². The van der Waals surface area contributed by atoms with Crippen LogP contribution in [0.3, 0.4) is 0 Å². The molecule has 1 N–H and O–H groups in total. The van der Waals surface area contributed by atoms with Gasteiger partial charge in [0.2, 0.25) is 0 Å². The van der Waals surface area contributed by atoms with Crippen molar-refractivity contribution < 1.29 is 0 Å². The van der Waals surface area contributed by atoms with Gasteiger partial charge in [-0.3, -0.25) is 0 Å². The molecule has 0 spiro atoms. The molecule has 1 saturated heterocycles. The quantitative estimate of drug-likeness (QED) is 0.775. The number of rotatable bonds is 3. The third kappa shape index (κ3) is 2.18. The van der Waals surface area contributed by atoms with Crippen LogP contribution >= 0.6 is 0 Å². The Labute approximate surface area is 86.3 Å². The minimum absolute atomic E-state index is 0.851. The van der Waals surface area contributed by atoms with Crippen LogP contribution in [0.5, 0.6) is 0 Å². The summed E-state index contributed by atoms with van der Waals surface area (Å²) in [5.74, 6) is 0.851. The van der Waals surface area contributed by atoms with Gasteiger partial charge in [0.05, 0.1) is 0 Å².